The molecule has 1 aromatic carbocycles. The first-order valence-electron chi connectivity index (χ1n) is 9.08. The molecule has 1 saturated carbocycles. The number of ether oxygens (including phenoxy) is 2. The van der Waals surface area contributed by atoms with Crippen LogP contribution in [0.2, 0.25) is 0 Å². The third-order valence-corrected chi connectivity index (χ3v) is 4.93. The first-order valence-corrected chi connectivity index (χ1v) is 9.08. The van der Waals surface area contributed by atoms with Gasteiger partial charge in [0.2, 0.25) is 5.76 Å². The Morgan fingerprint density at radius 1 is 1.23 bits per heavy atom. The summed E-state index contributed by atoms with van der Waals surface area (Å²) in [6, 6.07) is 5.50. The molecular formula is C20H25NO5. The Labute approximate surface area is 152 Å². The Balaban J connectivity index is 1.68. The van der Waals surface area contributed by atoms with Gasteiger partial charge in [0.25, 0.3) is 5.91 Å². The smallest absolute Gasteiger partial charge is 0.375 e. The first-order chi connectivity index (χ1) is 12.5. The van der Waals surface area contributed by atoms with E-state index in [-0.39, 0.29) is 17.7 Å². The second-order valence-electron chi connectivity index (χ2n) is 6.81. The highest BCUT2D eigenvalue weighted by molar-refractivity contribution is 5.97. The van der Waals surface area contributed by atoms with E-state index in [1.807, 2.05) is 6.07 Å². The molecule has 1 aliphatic rings. The van der Waals surface area contributed by atoms with Crippen molar-refractivity contribution in [2.45, 2.75) is 58.1 Å². The van der Waals surface area contributed by atoms with E-state index in [9.17, 15) is 9.59 Å². The average Bonchev–Trinajstić information content (AvgIpc) is 2.98. The maximum Gasteiger partial charge on any atom is 0.375 e. The average molecular weight is 359 g/mol. The summed E-state index contributed by atoms with van der Waals surface area (Å²) in [5, 5.41) is 3.76. The van der Waals surface area contributed by atoms with Gasteiger partial charge in [-0.05, 0) is 44.9 Å². The van der Waals surface area contributed by atoms with E-state index in [4.69, 9.17) is 13.9 Å². The molecule has 1 fully saturated rings. The number of carbonyl (C=O) groups excluding carboxylic acids is 2. The van der Waals surface area contributed by atoms with Gasteiger partial charge in [-0.1, -0.05) is 19.3 Å². The predicted molar refractivity (Wildman–Crippen MR) is 97.4 cm³/mol. The van der Waals surface area contributed by atoms with Gasteiger partial charge < -0.3 is 19.2 Å². The molecule has 0 spiro atoms. The minimum Gasteiger partial charge on any atom is -0.497 e. The highest BCUT2D eigenvalue weighted by Gasteiger charge is 2.26. The van der Waals surface area contributed by atoms with Crippen molar-refractivity contribution >= 4 is 22.8 Å². The second kappa shape index (κ2) is 7.81. The zero-order valence-electron chi connectivity index (χ0n) is 15.5. The maximum atomic E-state index is 12.5. The molecule has 6 nitrogen and oxygen atoms in total. The molecular weight excluding hydrogens is 334 g/mol. The Bertz CT molecular complexity index is 804. The van der Waals surface area contributed by atoms with Crippen molar-refractivity contribution < 1.29 is 23.5 Å². The van der Waals surface area contributed by atoms with Gasteiger partial charge in [-0.15, -0.1) is 0 Å². The van der Waals surface area contributed by atoms with Crippen molar-refractivity contribution in [3.63, 3.8) is 0 Å². The van der Waals surface area contributed by atoms with Crippen LogP contribution in [0.1, 0.15) is 55.1 Å². The quantitative estimate of drug-likeness (QED) is 0.823. The van der Waals surface area contributed by atoms with Gasteiger partial charge in [0.15, 0.2) is 6.10 Å². The molecule has 0 aliphatic heterocycles. The number of carbonyl (C=O) groups is 2. The lowest BCUT2D eigenvalue weighted by molar-refractivity contribution is -0.130. The molecule has 1 aromatic heterocycles. The third kappa shape index (κ3) is 3.84. The lowest BCUT2D eigenvalue weighted by Crippen LogP contribution is -2.42. The van der Waals surface area contributed by atoms with Gasteiger partial charge in [-0.25, -0.2) is 4.79 Å². The van der Waals surface area contributed by atoms with E-state index < -0.39 is 12.1 Å². The molecule has 1 amide bonds. The lowest BCUT2D eigenvalue weighted by atomic mass is 9.95. The number of hydrogen-bond acceptors (Lipinski definition) is 5. The number of aryl methyl sites for hydroxylation is 1. The Morgan fingerprint density at radius 3 is 2.65 bits per heavy atom. The molecule has 140 valence electrons. The summed E-state index contributed by atoms with van der Waals surface area (Å²) in [6.45, 7) is 3.37. The zero-order chi connectivity index (χ0) is 18.7. The van der Waals surface area contributed by atoms with Crippen LogP contribution in [0.5, 0.6) is 5.75 Å². The van der Waals surface area contributed by atoms with Crippen molar-refractivity contribution in [2.75, 3.05) is 7.11 Å². The van der Waals surface area contributed by atoms with Crippen LogP contribution < -0.4 is 10.1 Å². The normalized spacial score (nSPS) is 16.3. The van der Waals surface area contributed by atoms with Gasteiger partial charge in [0.1, 0.15) is 11.3 Å². The van der Waals surface area contributed by atoms with Gasteiger partial charge in [0, 0.05) is 17.0 Å². The standard InChI is InChI=1S/C20H25NO5/c1-12-16-11-15(24-3)9-10-17(16)26-18(12)20(23)25-13(2)19(22)21-14-7-5-4-6-8-14/h9-11,13-14H,4-8H2,1-3H3,(H,21,22). The third-order valence-electron chi connectivity index (χ3n) is 4.93. The molecule has 1 aliphatic carbocycles. The highest BCUT2D eigenvalue weighted by Crippen LogP contribution is 2.29. The second-order valence-corrected chi connectivity index (χ2v) is 6.81. The van der Waals surface area contributed by atoms with Crippen molar-refractivity contribution in [2.24, 2.45) is 0 Å². The SMILES string of the molecule is COc1ccc2oc(C(=O)OC(C)C(=O)NC3CCCCC3)c(C)c2c1. The van der Waals surface area contributed by atoms with Crippen LogP contribution in [-0.4, -0.2) is 31.1 Å². The maximum absolute atomic E-state index is 12.5. The number of nitrogens with one attached hydrogen (secondary N) is 1. The largest absolute Gasteiger partial charge is 0.497 e. The minimum atomic E-state index is -0.869. The first kappa shape index (κ1) is 18.3. The number of methoxy groups -OCH3 is 1. The number of fused-ring (bicyclic) bond motifs is 1. The topological polar surface area (TPSA) is 77.8 Å². The fraction of sp³-hybridized carbons (Fsp3) is 0.500. The summed E-state index contributed by atoms with van der Waals surface area (Å²) in [5.74, 6) is -0.100. The summed E-state index contributed by atoms with van der Waals surface area (Å²) in [7, 11) is 1.58. The molecule has 26 heavy (non-hydrogen) atoms. The van der Waals surface area contributed by atoms with Crippen LogP contribution in [0.3, 0.4) is 0 Å². The van der Waals surface area contributed by atoms with E-state index in [0.717, 1.165) is 31.1 Å². The van der Waals surface area contributed by atoms with E-state index in [2.05, 4.69) is 5.32 Å². The molecule has 1 heterocycles. The molecule has 1 atom stereocenters. The van der Waals surface area contributed by atoms with E-state index >= 15 is 0 Å². The molecule has 6 heteroatoms. The van der Waals surface area contributed by atoms with Crippen LogP contribution in [0.15, 0.2) is 22.6 Å². The minimum absolute atomic E-state index is 0.116. The molecule has 1 N–H and O–H groups in total. The van der Waals surface area contributed by atoms with E-state index in [0.29, 0.717) is 16.9 Å². The summed E-state index contributed by atoms with van der Waals surface area (Å²) >= 11 is 0. The number of esters is 1. The Kier molecular flexibility index (Phi) is 5.49. The van der Waals surface area contributed by atoms with Crippen LogP contribution in [0.4, 0.5) is 0 Å². The monoisotopic (exact) mass is 359 g/mol. The summed E-state index contributed by atoms with van der Waals surface area (Å²) in [6.07, 6.45) is 4.56. The molecule has 2 aromatic rings. The zero-order valence-corrected chi connectivity index (χ0v) is 15.5. The fourth-order valence-electron chi connectivity index (χ4n) is 3.35. The van der Waals surface area contributed by atoms with Crippen LogP contribution in [-0.2, 0) is 9.53 Å². The predicted octanol–water partition coefficient (Wildman–Crippen LogP) is 3.74. The highest BCUT2D eigenvalue weighted by atomic mass is 16.6. The van der Waals surface area contributed by atoms with Crippen molar-refractivity contribution in [1.29, 1.82) is 0 Å². The Morgan fingerprint density at radius 2 is 1.96 bits per heavy atom. The number of amides is 1. The fourth-order valence-corrected chi connectivity index (χ4v) is 3.35. The van der Waals surface area contributed by atoms with E-state index in [1.54, 1.807) is 33.1 Å². The van der Waals surface area contributed by atoms with Gasteiger partial charge in [-0.2, -0.15) is 0 Å². The Hall–Kier alpha value is -2.50. The number of rotatable bonds is 5. The molecule has 3 rings (SSSR count). The van der Waals surface area contributed by atoms with Crippen LogP contribution in [0, 0.1) is 6.92 Å². The van der Waals surface area contributed by atoms with Gasteiger partial charge >= 0.3 is 5.97 Å². The molecule has 0 bridgehead atoms. The van der Waals surface area contributed by atoms with Crippen LogP contribution in [0.25, 0.3) is 11.0 Å². The molecule has 0 radical (unpaired) electrons. The van der Waals surface area contributed by atoms with Crippen molar-refractivity contribution in [3.05, 3.63) is 29.5 Å². The molecule has 0 saturated heterocycles. The van der Waals surface area contributed by atoms with Gasteiger partial charge in [-0.3, -0.25) is 4.79 Å². The number of hydrogen-bond donors (Lipinski definition) is 1. The van der Waals surface area contributed by atoms with Gasteiger partial charge in [0.05, 0.1) is 7.11 Å². The van der Waals surface area contributed by atoms with E-state index in [1.165, 1.54) is 6.42 Å². The number of furan rings is 1. The van der Waals surface area contributed by atoms with Crippen LogP contribution >= 0.6 is 0 Å². The summed E-state index contributed by atoms with van der Waals surface area (Å²) in [4.78, 5) is 24.8. The lowest BCUT2D eigenvalue weighted by Gasteiger charge is -2.24. The van der Waals surface area contributed by atoms with Crippen molar-refractivity contribution in [3.8, 4) is 5.75 Å². The summed E-state index contributed by atoms with van der Waals surface area (Å²) < 4.78 is 16.2. The molecule has 1 unspecified atom stereocenters. The number of benzene rings is 1. The summed E-state index contributed by atoms with van der Waals surface area (Å²) in [5.41, 5.74) is 1.25. The van der Waals surface area contributed by atoms with Crippen molar-refractivity contribution in [1.82, 2.24) is 5.32 Å².